The zero-order chi connectivity index (χ0) is 14.8. The van der Waals surface area contributed by atoms with Crippen LogP contribution in [0.4, 0.5) is 6.01 Å². The number of primary amides is 1. The zero-order valence-corrected chi connectivity index (χ0v) is 11.7. The van der Waals surface area contributed by atoms with E-state index in [9.17, 15) is 4.79 Å². The lowest BCUT2D eigenvalue weighted by Crippen LogP contribution is -2.10. The number of benzene rings is 2. The lowest BCUT2D eigenvalue weighted by Gasteiger charge is -2.02. The fourth-order valence-electron chi connectivity index (χ4n) is 1.94. The van der Waals surface area contributed by atoms with Crippen LogP contribution in [0.2, 0.25) is 5.02 Å². The second-order valence-corrected chi connectivity index (χ2v) is 4.98. The van der Waals surface area contributed by atoms with Gasteiger partial charge in [0.25, 0.3) is 6.01 Å². The van der Waals surface area contributed by atoms with Gasteiger partial charge in [-0.1, -0.05) is 23.7 Å². The third-order valence-corrected chi connectivity index (χ3v) is 3.27. The van der Waals surface area contributed by atoms with Gasteiger partial charge >= 0.3 is 0 Å². The first-order valence-electron chi connectivity index (χ1n) is 6.30. The van der Waals surface area contributed by atoms with E-state index in [1.165, 1.54) is 0 Å². The first-order chi connectivity index (χ1) is 10.1. The minimum atomic E-state index is -0.440. The molecule has 0 aliphatic rings. The van der Waals surface area contributed by atoms with Crippen LogP contribution in [-0.4, -0.2) is 10.9 Å². The smallest absolute Gasteiger partial charge is 0.295 e. The van der Waals surface area contributed by atoms with Crippen LogP contribution in [0.1, 0.15) is 15.9 Å². The third-order valence-electron chi connectivity index (χ3n) is 3.03. The van der Waals surface area contributed by atoms with Gasteiger partial charge in [0.15, 0.2) is 5.58 Å². The van der Waals surface area contributed by atoms with Gasteiger partial charge in [0.1, 0.15) is 5.52 Å². The summed E-state index contributed by atoms with van der Waals surface area (Å²) in [6.07, 6.45) is 0. The van der Waals surface area contributed by atoms with Crippen molar-refractivity contribution >= 4 is 34.6 Å². The number of amides is 1. The Morgan fingerprint density at radius 2 is 2.00 bits per heavy atom. The molecule has 0 spiro atoms. The molecular weight excluding hydrogens is 290 g/mol. The minimum Gasteiger partial charge on any atom is -0.424 e. The van der Waals surface area contributed by atoms with E-state index in [-0.39, 0.29) is 0 Å². The number of rotatable bonds is 4. The normalized spacial score (nSPS) is 10.7. The van der Waals surface area contributed by atoms with Gasteiger partial charge in [0.2, 0.25) is 5.91 Å². The lowest BCUT2D eigenvalue weighted by molar-refractivity contribution is 0.100. The minimum absolute atomic E-state index is 0.422. The van der Waals surface area contributed by atoms with Gasteiger partial charge < -0.3 is 15.5 Å². The predicted octanol–water partition coefficient (Wildman–Crippen LogP) is 3.19. The largest absolute Gasteiger partial charge is 0.424 e. The van der Waals surface area contributed by atoms with Crippen LogP contribution in [0, 0.1) is 0 Å². The van der Waals surface area contributed by atoms with Crippen LogP contribution in [0.15, 0.2) is 46.9 Å². The van der Waals surface area contributed by atoms with E-state index < -0.39 is 5.91 Å². The summed E-state index contributed by atoms with van der Waals surface area (Å²) in [6.45, 7) is 0.527. The summed E-state index contributed by atoms with van der Waals surface area (Å²) in [4.78, 5) is 15.3. The van der Waals surface area contributed by atoms with Gasteiger partial charge in [-0.15, -0.1) is 0 Å². The average molecular weight is 302 g/mol. The molecule has 0 fully saturated rings. The van der Waals surface area contributed by atoms with E-state index in [0.29, 0.717) is 34.2 Å². The Hall–Kier alpha value is -2.53. The van der Waals surface area contributed by atoms with Crippen molar-refractivity contribution in [1.29, 1.82) is 0 Å². The molecule has 21 heavy (non-hydrogen) atoms. The quantitative estimate of drug-likeness (QED) is 0.775. The van der Waals surface area contributed by atoms with E-state index in [2.05, 4.69) is 10.3 Å². The summed E-state index contributed by atoms with van der Waals surface area (Å²) in [5.74, 6) is -0.440. The molecule has 0 radical (unpaired) electrons. The number of carbonyl (C=O) groups excluding carboxylic acids is 1. The molecule has 106 valence electrons. The first-order valence-corrected chi connectivity index (χ1v) is 6.68. The number of oxazole rings is 1. The molecule has 3 N–H and O–H groups in total. The molecule has 0 aliphatic carbocycles. The molecule has 5 nitrogen and oxygen atoms in total. The Bertz CT molecular complexity index is 796. The van der Waals surface area contributed by atoms with Gasteiger partial charge in [-0.3, -0.25) is 4.79 Å². The highest BCUT2D eigenvalue weighted by Crippen LogP contribution is 2.22. The number of hydrogen-bond acceptors (Lipinski definition) is 4. The van der Waals surface area contributed by atoms with Gasteiger partial charge in [-0.2, -0.15) is 4.98 Å². The van der Waals surface area contributed by atoms with E-state index in [1.54, 1.807) is 30.3 Å². The van der Waals surface area contributed by atoms with Crippen molar-refractivity contribution in [2.45, 2.75) is 6.54 Å². The molecular formula is C15H12ClN3O2. The molecule has 3 rings (SSSR count). The third kappa shape index (κ3) is 2.98. The van der Waals surface area contributed by atoms with Crippen molar-refractivity contribution in [3.05, 3.63) is 58.6 Å². The van der Waals surface area contributed by atoms with Crippen molar-refractivity contribution in [2.24, 2.45) is 5.73 Å². The second-order valence-electron chi connectivity index (χ2n) is 4.55. The molecule has 3 aromatic rings. The number of halogens is 1. The standard InChI is InChI=1S/C15H12ClN3O2/c16-11-5-6-13-12(7-11)19-15(21-13)18-8-9-1-3-10(4-2-9)14(17)20/h1-7H,8H2,(H2,17,20)(H,18,19). The number of nitrogens with one attached hydrogen (secondary N) is 1. The molecule has 0 saturated heterocycles. The van der Waals surface area contributed by atoms with Crippen molar-refractivity contribution in [1.82, 2.24) is 4.98 Å². The SMILES string of the molecule is NC(=O)c1ccc(CNc2nc3cc(Cl)ccc3o2)cc1. The summed E-state index contributed by atoms with van der Waals surface area (Å²) in [5, 5.41) is 3.70. The topological polar surface area (TPSA) is 81.2 Å². The molecule has 0 saturated carbocycles. The second kappa shape index (κ2) is 5.46. The van der Waals surface area contributed by atoms with Crippen LogP contribution in [-0.2, 0) is 6.54 Å². The van der Waals surface area contributed by atoms with Crippen molar-refractivity contribution in [3.8, 4) is 0 Å². The molecule has 0 atom stereocenters. The van der Waals surface area contributed by atoms with Crippen LogP contribution < -0.4 is 11.1 Å². The molecule has 1 aromatic heterocycles. The number of anilines is 1. The average Bonchev–Trinajstić information content (AvgIpc) is 2.87. The fraction of sp³-hybridized carbons (Fsp3) is 0.0667. The molecule has 2 aromatic carbocycles. The van der Waals surface area contributed by atoms with E-state index in [0.717, 1.165) is 5.56 Å². The molecule has 0 bridgehead atoms. The van der Waals surface area contributed by atoms with Crippen LogP contribution in [0.5, 0.6) is 0 Å². The number of carbonyl (C=O) groups is 1. The molecule has 0 unspecified atom stereocenters. The van der Waals surface area contributed by atoms with Crippen molar-refractivity contribution in [2.75, 3.05) is 5.32 Å². The molecule has 6 heteroatoms. The molecule has 1 amide bonds. The van der Waals surface area contributed by atoms with E-state index in [1.807, 2.05) is 12.1 Å². The van der Waals surface area contributed by atoms with Gasteiger partial charge in [-0.25, -0.2) is 0 Å². The predicted molar refractivity (Wildman–Crippen MR) is 81.3 cm³/mol. The Labute approximate surface area is 125 Å². The summed E-state index contributed by atoms with van der Waals surface area (Å²) in [7, 11) is 0. The highest BCUT2D eigenvalue weighted by Gasteiger charge is 2.06. The maximum absolute atomic E-state index is 11.0. The van der Waals surface area contributed by atoms with E-state index in [4.69, 9.17) is 21.8 Å². The number of hydrogen-bond donors (Lipinski definition) is 2. The maximum Gasteiger partial charge on any atom is 0.295 e. The molecule has 1 heterocycles. The highest BCUT2D eigenvalue weighted by atomic mass is 35.5. The monoisotopic (exact) mass is 301 g/mol. The number of aromatic nitrogens is 1. The lowest BCUT2D eigenvalue weighted by atomic mass is 10.1. The molecule has 0 aliphatic heterocycles. The van der Waals surface area contributed by atoms with Crippen molar-refractivity contribution in [3.63, 3.8) is 0 Å². The van der Waals surface area contributed by atoms with Gasteiger partial charge in [0, 0.05) is 17.1 Å². The first kappa shape index (κ1) is 13.5. The summed E-state index contributed by atoms with van der Waals surface area (Å²) in [5.41, 5.74) is 8.04. The summed E-state index contributed by atoms with van der Waals surface area (Å²) < 4.78 is 5.55. The number of fused-ring (bicyclic) bond motifs is 1. The van der Waals surface area contributed by atoms with Crippen LogP contribution in [0.3, 0.4) is 0 Å². The Morgan fingerprint density at radius 3 is 2.71 bits per heavy atom. The highest BCUT2D eigenvalue weighted by molar-refractivity contribution is 6.31. The van der Waals surface area contributed by atoms with Gasteiger partial charge in [-0.05, 0) is 35.9 Å². The van der Waals surface area contributed by atoms with Crippen LogP contribution in [0.25, 0.3) is 11.1 Å². The maximum atomic E-state index is 11.0. The Balaban J connectivity index is 1.72. The Kier molecular flexibility index (Phi) is 3.50. The van der Waals surface area contributed by atoms with Crippen molar-refractivity contribution < 1.29 is 9.21 Å². The van der Waals surface area contributed by atoms with Crippen LogP contribution >= 0.6 is 11.6 Å². The summed E-state index contributed by atoms with van der Waals surface area (Å²) in [6, 6.07) is 12.7. The summed E-state index contributed by atoms with van der Waals surface area (Å²) >= 11 is 5.90. The van der Waals surface area contributed by atoms with E-state index >= 15 is 0 Å². The number of nitrogens with two attached hydrogens (primary N) is 1. The fourth-order valence-corrected chi connectivity index (χ4v) is 2.11. The Morgan fingerprint density at radius 1 is 1.24 bits per heavy atom. The zero-order valence-electron chi connectivity index (χ0n) is 11.0. The number of nitrogens with zero attached hydrogens (tertiary/aromatic N) is 1. The van der Waals surface area contributed by atoms with Gasteiger partial charge in [0.05, 0.1) is 0 Å².